The first-order chi connectivity index (χ1) is 12.3. The summed E-state index contributed by atoms with van der Waals surface area (Å²) in [5.74, 6) is -0.658. The molecule has 3 rings (SSSR count). The van der Waals surface area contributed by atoms with Gasteiger partial charge in [0.2, 0.25) is 0 Å². The molecule has 0 bridgehead atoms. The number of methoxy groups -OCH3 is 1. The van der Waals surface area contributed by atoms with Gasteiger partial charge in [0.15, 0.2) is 0 Å². The van der Waals surface area contributed by atoms with Crippen molar-refractivity contribution in [1.29, 1.82) is 0 Å². The van der Waals surface area contributed by atoms with Crippen LogP contribution in [0.25, 0.3) is 11.0 Å². The quantitative estimate of drug-likeness (QED) is 0.655. The minimum atomic E-state index is -0.658. The van der Waals surface area contributed by atoms with Gasteiger partial charge in [-0.05, 0) is 30.7 Å². The lowest BCUT2D eigenvalue weighted by Crippen LogP contribution is -2.40. The fourth-order valence-corrected chi connectivity index (χ4v) is 2.91. The van der Waals surface area contributed by atoms with Gasteiger partial charge in [0.25, 0.3) is 5.56 Å². The van der Waals surface area contributed by atoms with Crippen LogP contribution in [0.1, 0.15) is 21.6 Å². The van der Waals surface area contributed by atoms with Crippen molar-refractivity contribution in [3.8, 4) is 0 Å². The number of carbonyl (C=O) groups excluding carboxylic acids is 1. The van der Waals surface area contributed by atoms with Gasteiger partial charge in [-0.2, -0.15) is 0 Å². The molecule has 26 heavy (non-hydrogen) atoms. The van der Waals surface area contributed by atoms with Crippen LogP contribution in [0.15, 0.2) is 39.9 Å². The molecule has 0 unspecified atom stereocenters. The normalized spacial score (nSPS) is 10.9. The van der Waals surface area contributed by atoms with Gasteiger partial charge in [-0.25, -0.2) is 14.6 Å². The van der Waals surface area contributed by atoms with E-state index in [-0.39, 0.29) is 23.1 Å². The van der Waals surface area contributed by atoms with E-state index < -0.39 is 17.2 Å². The van der Waals surface area contributed by atoms with Gasteiger partial charge in [-0.15, -0.1) is 0 Å². The molecule has 0 radical (unpaired) electrons. The predicted octanol–water partition coefficient (Wildman–Crippen LogP) is 1.89. The number of nitrogens with zero attached hydrogens (tertiary/aromatic N) is 3. The Bertz CT molecular complexity index is 1130. The van der Waals surface area contributed by atoms with Crippen LogP contribution < -0.4 is 11.2 Å². The Balaban J connectivity index is 2.33. The van der Waals surface area contributed by atoms with Crippen molar-refractivity contribution in [3.05, 3.63) is 73.0 Å². The highest BCUT2D eigenvalue weighted by molar-refractivity contribution is 6.30. The van der Waals surface area contributed by atoms with Crippen LogP contribution in [0.3, 0.4) is 0 Å². The number of hydrogen-bond donors (Lipinski definition) is 0. The molecular weight excluding hydrogens is 358 g/mol. The third-order valence-electron chi connectivity index (χ3n) is 4.08. The molecule has 0 saturated heterocycles. The number of hydrogen-bond acceptors (Lipinski definition) is 5. The first-order valence-corrected chi connectivity index (χ1v) is 8.15. The number of carbonyl (C=O) groups is 1. The summed E-state index contributed by atoms with van der Waals surface area (Å²) >= 11 is 5.87. The molecule has 0 atom stereocenters. The number of aryl methyl sites for hydroxylation is 2. The molecule has 0 saturated carbocycles. The molecule has 2 heterocycles. The number of pyridine rings is 1. The van der Waals surface area contributed by atoms with Crippen LogP contribution in [0.4, 0.5) is 0 Å². The summed E-state index contributed by atoms with van der Waals surface area (Å²) in [5, 5.41) is 0.610. The van der Waals surface area contributed by atoms with Gasteiger partial charge < -0.3 is 4.74 Å². The molecule has 8 heteroatoms. The molecule has 7 nitrogen and oxygen atoms in total. The van der Waals surface area contributed by atoms with E-state index >= 15 is 0 Å². The molecular formula is C18H16ClN3O4. The third kappa shape index (κ3) is 3.01. The average molecular weight is 374 g/mol. The maximum Gasteiger partial charge on any atom is 0.338 e. The summed E-state index contributed by atoms with van der Waals surface area (Å²) in [6.07, 6.45) is 0. The van der Waals surface area contributed by atoms with Crippen LogP contribution in [0, 0.1) is 6.92 Å². The van der Waals surface area contributed by atoms with E-state index in [4.69, 9.17) is 16.3 Å². The molecule has 0 amide bonds. The number of benzene rings is 1. The summed E-state index contributed by atoms with van der Waals surface area (Å²) in [7, 11) is 2.74. The molecule has 1 aromatic carbocycles. The predicted molar refractivity (Wildman–Crippen MR) is 97.9 cm³/mol. The highest BCUT2D eigenvalue weighted by Crippen LogP contribution is 2.15. The van der Waals surface area contributed by atoms with Crippen molar-refractivity contribution in [2.75, 3.05) is 7.11 Å². The zero-order chi connectivity index (χ0) is 19.0. The Morgan fingerprint density at radius 1 is 1.23 bits per heavy atom. The maximum absolute atomic E-state index is 13.0. The van der Waals surface area contributed by atoms with Crippen molar-refractivity contribution < 1.29 is 9.53 Å². The first kappa shape index (κ1) is 17.9. The van der Waals surface area contributed by atoms with Gasteiger partial charge in [-0.1, -0.05) is 23.7 Å². The molecule has 0 N–H and O–H groups in total. The zero-order valence-electron chi connectivity index (χ0n) is 14.4. The van der Waals surface area contributed by atoms with E-state index in [0.29, 0.717) is 10.7 Å². The van der Waals surface area contributed by atoms with E-state index in [1.807, 2.05) is 0 Å². The topological polar surface area (TPSA) is 83.2 Å². The van der Waals surface area contributed by atoms with Gasteiger partial charge in [0.1, 0.15) is 5.65 Å². The number of fused-ring (bicyclic) bond motifs is 1. The Morgan fingerprint density at radius 3 is 2.50 bits per heavy atom. The number of esters is 1. The van der Waals surface area contributed by atoms with E-state index in [2.05, 4.69) is 4.98 Å². The Morgan fingerprint density at radius 2 is 1.88 bits per heavy atom. The Labute approximate surface area is 153 Å². The van der Waals surface area contributed by atoms with Crippen LogP contribution in [-0.4, -0.2) is 27.2 Å². The summed E-state index contributed by atoms with van der Waals surface area (Å²) < 4.78 is 7.10. The average Bonchev–Trinajstić information content (AvgIpc) is 2.63. The van der Waals surface area contributed by atoms with Crippen molar-refractivity contribution in [2.45, 2.75) is 13.5 Å². The van der Waals surface area contributed by atoms with Gasteiger partial charge in [0, 0.05) is 17.8 Å². The molecule has 0 aliphatic carbocycles. The summed E-state index contributed by atoms with van der Waals surface area (Å²) in [5.41, 5.74) is 0.348. The molecule has 2 aromatic heterocycles. The molecule has 0 aliphatic heterocycles. The SMILES string of the molecule is COC(=O)c1cc(C)nc2c1c(=O)n(Cc1ccc(Cl)cc1)c(=O)n2C. The van der Waals surface area contributed by atoms with E-state index in [9.17, 15) is 14.4 Å². The Hall–Kier alpha value is -2.93. The zero-order valence-corrected chi connectivity index (χ0v) is 15.2. The summed E-state index contributed by atoms with van der Waals surface area (Å²) in [6.45, 7) is 1.72. The highest BCUT2D eigenvalue weighted by atomic mass is 35.5. The molecule has 0 fully saturated rings. The van der Waals surface area contributed by atoms with E-state index in [1.165, 1.54) is 24.8 Å². The molecule has 3 aromatic rings. The number of ether oxygens (including phenoxy) is 1. The summed E-state index contributed by atoms with van der Waals surface area (Å²) in [6, 6.07) is 8.29. The minimum Gasteiger partial charge on any atom is -0.465 e. The van der Waals surface area contributed by atoms with Gasteiger partial charge >= 0.3 is 11.7 Å². The Kier molecular flexibility index (Phi) is 4.65. The summed E-state index contributed by atoms with van der Waals surface area (Å²) in [4.78, 5) is 42.1. The van der Waals surface area contributed by atoms with Crippen LogP contribution in [0.2, 0.25) is 5.02 Å². The monoisotopic (exact) mass is 373 g/mol. The smallest absolute Gasteiger partial charge is 0.338 e. The number of halogens is 1. The number of rotatable bonds is 3. The molecule has 134 valence electrons. The maximum atomic E-state index is 13.0. The number of aromatic nitrogens is 3. The second kappa shape index (κ2) is 6.76. The van der Waals surface area contributed by atoms with Crippen LogP contribution in [-0.2, 0) is 18.3 Å². The lowest BCUT2D eigenvalue weighted by Gasteiger charge is -2.13. The second-order valence-electron chi connectivity index (χ2n) is 5.86. The first-order valence-electron chi connectivity index (χ1n) is 7.77. The van der Waals surface area contributed by atoms with Crippen molar-refractivity contribution >= 4 is 28.6 Å². The second-order valence-corrected chi connectivity index (χ2v) is 6.30. The molecule has 0 aliphatic rings. The van der Waals surface area contributed by atoms with E-state index in [1.54, 1.807) is 31.2 Å². The largest absolute Gasteiger partial charge is 0.465 e. The third-order valence-corrected chi connectivity index (χ3v) is 4.33. The van der Waals surface area contributed by atoms with Crippen molar-refractivity contribution in [1.82, 2.24) is 14.1 Å². The van der Waals surface area contributed by atoms with Gasteiger partial charge in [-0.3, -0.25) is 13.9 Å². The standard InChI is InChI=1S/C18H16ClN3O4/c1-10-8-13(17(24)26-3)14-15(20-10)21(2)18(25)22(16(14)23)9-11-4-6-12(19)7-5-11/h4-8H,9H2,1-3H3. The lowest BCUT2D eigenvalue weighted by atomic mass is 10.1. The fraction of sp³-hybridized carbons (Fsp3) is 0.222. The van der Waals surface area contributed by atoms with E-state index in [0.717, 1.165) is 10.1 Å². The van der Waals surface area contributed by atoms with Crippen molar-refractivity contribution in [3.63, 3.8) is 0 Å². The van der Waals surface area contributed by atoms with Crippen LogP contribution in [0.5, 0.6) is 0 Å². The van der Waals surface area contributed by atoms with Crippen molar-refractivity contribution in [2.24, 2.45) is 7.05 Å². The highest BCUT2D eigenvalue weighted by Gasteiger charge is 2.20. The fourth-order valence-electron chi connectivity index (χ4n) is 2.79. The van der Waals surface area contributed by atoms with Crippen LogP contribution >= 0.6 is 11.6 Å². The minimum absolute atomic E-state index is 0.0487. The van der Waals surface area contributed by atoms with Gasteiger partial charge in [0.05, 0.1) is 24.6 Å². The molecule has 0 spiro atoms. The lowest BCUT2D eigenvalue weighted by molar-refractivity contribution is 0.0602.